The molecule has 0 aliphatic carbocycles. The number of aromatic nitrogens is 2. The first-order valence-corrected chi connectivity index (χ1v) is 8.09. The van der Waals surface area contributed by atoms with Crippen LogP contribution in [0.2, 0.25) is 5.02 Å². The van der Waals surface area contributed by atoms with Crippen molar-refractivity contribution in [2.75, 3.05) is 11.9 Å². The zero-order valence-corrected chi connectivity index (χ0v) is 14.2. The Balaban J connectivity index is 2.02. The van der Waals surface area contributed by atoms with Crippen molar-refractivity contribution in [3.05, 3.63) is 52.3 Å². The van der Waals surface area contributed by atoms with Gasteiger partial charge < -0.3 is 10.6 Å². The SMILES string of the molecule is CCCCNc1nc(C)cc(C(=O)NCc2ccccc2Cl)n1. The summed E-state index contributed by atoms with van der Waals surface area (Å²) in [6, 6.07) is 9.10. The Hall–Kier alpha value is -2.14. The number of nitrogens with zero attached hydrogens (tertiary/aromatic N) is 2. The fourth-order valence-corrected chi connectivity index (χ4v) is 2.25. The Labute approximate surface area is 141 Å². The molecule has 23 heavy (non-hydrogen) atoms. The molecule has 1 amide bonds. The Morgan fingerprint density at radius 1 is 1.26 bits per heavy atom. The van der Waals surface area contributed by atoms with E-state index in [0.29, 0.717) is 23.2 Å². The average molecular weight is 333 g/mol. The Bertz CT molecular complexity index is 675. The van der Waals surface area contributed by atoms with Crippen LogP contribution in [0.5, 0.6) is 0 Å². The standard InChI is InChI=1S/C17H21ClN4O/c1-3-4-9-19-17-21-12(2)10-15(22-17)16(23)20-11-13-7-5-6-8-14(13)18/h5-8,10H,3-4,9,11H2,1-2H3,(H,20,23)(H,19,21,22). The predicted octanol–water partition coefficient (Wildman–Crippen LogP) is 3.58. The van der Waals surface area contributed by atoms with Gasteiger partial charge in [0.25, 0.3) is 5.91 Å². The normalized spacial score (nSPS) is 10.4. The molecule has 1 aromatic carbocycles. The van der Waals surface area contributed by atoms with Crippen LogP contribution in [0.1, 0.15) is 41.5 Å². The minimum Gasteiger partial charge on any atom is -0.354 e. The fraction of sp³-hybridized carbons (Fsp3) is 0.353. The number of rotatable bonds is 7. The highest BCUT2D eigenvalue weighted by molar-refractivity contribution is 6.31. The van der Waals surface area contributed by atoms with Gasteiger partial charge in [0.2, 0.25) is 5.95 Å². The largest absolute Gasteiger partial charge is 0.354 e. The molecule has 0 fully saturated rings. The molecule has 0 aliphatic heterocycles. The summed E-state index contributed by atoms with van der Waals surface area (Å²) in [5.74, 6) is 0.246. The zero-order valence-electron chi connectivity index (χ0n) is 13.4. The highest BCUT2D eigenvalue weighted by atomic mass is 35.5. The van der Waals surface area contributed by atoms with Gasteiger partial charge in [-0.15, -0.1) is 0 Å². The Kier molecular flexibility index (Phi) is 6.35. The number of amides is 1. The summed E-state index contributed by atoms with van der Waals surface area (Å²) in [4.78, 5) is 20.9. The molecule has 0 radical (unpaired) electrons. The van der Waals surface area contributed by atoms with Crippen molar-refractivity contribution in [3.8, 4) is 0 Å². The average Bonchev–Trinajstić information content (AvgIpc) is 2.53. The van der Waals surface area contributed by atoms with Crippen molar-refractivity contribution < 1.29 is 4.79 Å². The van der Waals surface area contributed by atoms with E-state index in [1.807, 2.05) is 25.1 Å². The van der Waals surface area contributed by atoms with Crippen LogP contribution in [-0.4, -0.2) is 22.4 Å². The second-order valence-corrected chi connectivity index (χ2v) is 5.68. The second kappa shape index (κ2) is 8.48. The molecule has 0 saturated heterocycles. The number of aryl methyl sites for hydroxylation is 1. The molecule has 0 aliphatic rings. The third-order valence-corrected chi connectivity index (χ3v) is 3.67. The number of nitrogens with one attached hydrogen (secondary N) is 2. The summed E-state index contributed by atoms with van der Waals surface area (Å²) in [6.07, 6.45) is 2.12. The van der Waals surface area contributed by atoms with Gasteiger partial charge in [0, 0.05) is 23.8 Å². The van der Waals surface area contributed by atoms with Gasteiger partial charge in [0.05, 0.1) is 0 Å². The molecular weight excluding hydrogens is 312 g/mol. The lowest BCUT2D eigenvalue weighted by atomic mass is 10.2. The first-order valence-electron chi connectivity index (χ1n) is 7.71. The van der Waals surface area contributed by atoms with Gasteiger partial charge in [0.1, 0.15) is 5.69 Å². The van der Waals surface area contributed by atoms with Crippen LogP contribution in [0.3, 0.4) is 0 Å². The molecule has 2 aromatic rings. The Morgan fingerprint density at radius 2 is 2.04 bits per heavy atom. The molecule has 5 nitrogen and oxygen atoms in total. The number of carbonyl (C=O) groups excluding carboxylic acids is 1. The summed E-state index contributed by atoms with van der Waals surface area (Å²) < 4.78 is 0. The first-order chi connectivity index (χ1) is 11.1. The molecule has 2 N–H and O–H groups in total. The van der Waals surface area contributed by atoms with E-state index in [0.717, 1.165) is 30.6 Å². The summed E-state index contributed by atoms with van der Waals surface area (Å²) in [7, 11) is 0. The van der Waals surface area contributed by atoms with Crippen LogP contribution in [0.25, 0.3) is 0 Å². The molecule has 1 aromatic heterocycles. The van der Waals surface area contributed by atoms with Crippen molar-refractivity contribution in [1.82, 2.24) is 15.3 Å². The summed E-state index contributed by atoms with van der Waals surface area (Å²) >= 11 is 6.09. The lowest BCUT2D eigenvalue weighted by Crippen LogP contribution is -2.24. The maximum atomic E-state index is 12.3. The van der Waals surface area contributed by atoms with E-state index in [-0.39, 0.29) is 5.91 Å². The molecule has 0 bridgehead atoms. The minimum atomic E-state index is -0.242. The molecule has 0 saturated carbocycles. The van der Waals surface area contributed by atoms with Crippen LogP contribution in [0.15, 0.2) is 30.3 Å². The van der Waals surface area contributed by atoms with Crippen LogP contribution in [0, 0.1) is 6.92 Å². The van der Waals surface area contributed by atoms with Gasteiger partial charge in [-0.25, -0.2) is 9.97 Å². The van der Waals surface area contributed by atoms with Crippen LogP contribution in [-0.2, 0) is 6.54 Å². The van der Waals surface area contributed by atoms with E-state index in [2.05, 4.69) is 27.5 Å². The van der Waals surface area contributed by atoms with E-state index < -0.39 is 0 Å². The quantitative estimate of drug-likeness (QED) is 0.760. The van der Waals surface area contributed by atoms with E-state index >= 15 is 0 Å². The molecule has 0 atom stereocenters. The van der Waals surface area contributed by atoms with Crippen molar-refractivity contribution >= 4 is 23.5 Å². The molecule has 2 rings (SSSR count). The van der Waals surface area contributed by atoms with Gasteiger partial charge in [-0.3, -0.25) is 4.79 Å². The predicted molar refractivity (Wildman–Crippen MR) is 92.8 cm³/mol. The van der Waals surface area contributed by atoms with E-state index in [4.69, 9.17) is 11.6 Å². The fourth-order valence-electron chi connectivity index (χ4n) is 2.05. The third-order valence-electron chi connectivity index (χ3n) is 3.30. The van der Waals surface area contributed by atoms with E-state index in [1.54, 1.807) is 12.1 Å². The molecule has 1 heterocycles. The van der Waals surface area contributed by atoms with Gasteiger partial charge in [-0.05, 0) is 31.0 Å². The molecule has 0 unspecified atom stereocenters. The van der Waals surface area contributed by atoms with Gasteiger partial charge >= 0.3 is 0 Å². The minimum absolute atomic E-state index is 0.242. The van der Waals surface area contributed by atoms with Gasteiger partial charge in [0.15, 0.2) is 0 Å². The number of anilines is 1. The second-order valence-electron chi connectivity index (χ2n) is 5.27. The van der Waals surface area contributed by atoms with Crippen molar-refractivity contribution in [2.45, 2.75) is 33.2 Å². The maximum Gasteiger partial charge on any atom is 0.270 e. The lowest BCUT2D eigenvalue weighted by molar-refractivity contribution is 0.0946. The van der Waals surface area contributed by atoms with Crippen molar-refractivity contribution in [3.63, 3.8) is 0 Å². The summed E-state index contributed by atoms with van der Waals surface area (Å²) in [5, 5.41) is 6.61. The number of unbranched alkanes of at least 4 members (excludes halogenated alkanes) is 1. The van der Waals surface area contributed by atoms with Crippen LogP contribution in [0.4, 0.5) is 5.95 Å². The Morgan fingerprint density at radius 3 is 2.78 bits per heavy atom. The van der Waals surface area contributed by atoms with Gasteiger partial charge in [-0.1, -0.05) is 43.1 Å². The van der Waals surface area contributed by atoms with Gasteiger partial charge in [-0.2, -0.15) is 0 Å². The monoisotopic (exact) mass is 332 g/mol. The highest BCUT2D eigenvalue weighted by Crippen LogP contribution is 2.14. The molecular formula is C17H21ClN4O. The van der Waals surface area contributed by atoms with E-state index in [9.17, 15) is 4.79 Å². The molecule has 0 spiro atoms. The zero-order chi connectivity index (χ0) is 16.7. The summed E-state index contributed by atoms with van der Waals surface area (Å²) in [5.41, 5.74) is 1.97. The third kappa shape index (κ3) is 5.21. The number of hydrogen-bond acceptors (Lipinski definition) is 4. The molecule has 122 valence electrons. The first kappa shape index (κ1) is 17.2. The van der Waals surface area contributed by atoms with Crippen molar-refractivity contribution in [2.24, 2.45) is 0 Å². The summed E-state index contributed by atoms with van der Waals surface area (Å²) in [6.45, 7) is 5.12. The maximum absolute atomic E-state index is 12.3. The van der Waals surface area contributed by atoms with E-state index in [1.165, 1.54) is 0 Å². The van der Waals surface area contributed by atoms with Crippen LogP contribution < -0.4 is 10.6 Å². The number of halogens is 1. The number of carbonyl (C=O) groups is 1. The van der Waals surface area contributed by atoms with Crippen LogP contribution >= 0.6 is 11.6 Å². The smallest absolute Gasteiger partial charge is 0.270 e. The topological polar surface area (TPSA) is 66.9 Å². The number of benzene rings is 1. The highest BCUT2D eigenvalue weighted by Gasteiger charge is 2.11. The molecule has 6 heteroatoms. The van der Waals surface area contributed by atoms with Crippen molar-refractivity contribution in [1.29, 1.82) is 0 Å². The lowest BCUT2D eigenvalue weighted by Gasteiger charge is -2.09. The number of hydrogen-bond donors (Lipinski definition) is 2.